The average Bonchev–Trinajstić information content (AvgIpc) is 1.60. The molecule has 0 aromatic heterocycles. The largest absolute Gasteiger partial charge is 0.312 e. The molecule has 1 aliphatic heterocycles. The minimum Gasteiger partial charge on any atom is -0.312 e. The Morgan fingerprint density at radius 3 is 1.28 bits per heavy atom. The summed E-state index contributed by atoms with van der Waals surface area (Å²) in [5.74, 6) is 0.146. The standard InChI is InChI=1S/C84H57NO/c1-54(56-21-4-2-5-22-56)45-58(40-38-55-39-42-72-70-29-12-18-35-78(70)83(80(72)46-55)74-31-14-8-25-66(74)67-26-9-15-32-75(67)83)63-50-64(52-65(51-63)85-44-20-37-82(85)86)62-48-60(57-23-6-3-7-24-57)47-61(49-62)59-41-43-73-71-30-13-19-36-79(71)84(81(73)53-59)76-33-16-10-27-68(76)69-28-11-17-34-77(69)84/h2-19,21-36,38-43,45-53H,1,20,37,44H2/b40-38+,58-45+. The topological polar surface area (TPSA) is 20.3 Å². The molecule has 12 aromatic rings. The molecule has 1 heterocycles. The van der Waals surface area contributed by atoms with Crippen LogP contribution in [0.3, 0.4) is 0 Å². The Kier molecular flexibility index (Phi) is 11.3. The van der Waals surface area contributed by atoms with Crippen molar-refractivity contribution in [3.05, 3.63) is 359 Å². The zero-order valence-electron chi connectivity index (χ0n) is 47.5. The molecule has 0 atom stereocenters. The van der Waals surface area contributed by atoms with Crippen LogP contribution >= 0.6 is 0 Å². The van der Waals surface area contributed by atoms with Crippen LogP contribution in [0.5, 0.6) is 0 Å². The van der Waals surface area contributed by atoms with Crippen LogP contribution in [0.4, 0.5) is 5.69 Å². The molecule has 404 valence electrons. The van der Waals surface area contributed by atoms with E-state index in [2.05, 4.69) is 297 Å². The van der Waals surface area contributed by atoms with E-state index in [-0.39, 0.29) is 5.91 Å². The number of rotatable bonds is 9. The lowest BCUT2D eigenvalue weighted by Gasteiger charge is -2.30. The summed E-state index contributed by atoms with van der Waals surface area (Å²) >= 11 is 0. The molecular formula is C84H57NO. The highest BCUT2D eigenvalue weighted by Gasteiger charge is 2.53. The predicted molar refractivity (Wildman–Crippen MR) is 356 cm³/mol. The van der Waals surface area contributed by atoms with Crippen LogP contribution < -0.4 is 4.90 Å². The lowest BCUT2D eigenvalue weighted by molar-refractivity contribution is -0.117. The summed E-state index contributed by atoms with van der Waals surface area (Å²) in [6.07, 6.45) is 8.10. The maximum atomic E-state index is 14.0. The Morgan fingerprint density at radius 2 is 0.779 bits per heavy atom. The number of allylic oxidation sites excluding steroid dienone is 4. The van der Waals surface area contributed by atoms with Gasteiger partial charge in [-0.2, -0.15) is 0 Å². The number of carbonyl (C=O) groups excluding carboxylic acids is 1. The van der Waals surface area contributed by atoms with Crippen LogP contribution in [-0.2, 0) is 15.6 Å². The van der Waals surface area contributed by atoms with Crippen LogP contribution in [0, 0.1) is 0 Å². The predicted octanol–water partition coefficient (Wildman–Crippen LogP) is 20.3. The fraction of sp³-hybridized carbons (Fsp3) is 0.0595. The van der Waals surface area contributed by atoms with E-state index in [1.165, 1.54) is 89.0 Å². The van der Waals surface area contributed by atoms with Crippen molar-refractivity contribution >= 4 is 28.8 Å². The van der Waals surface area contributed by atoms with Gasteiger partial charge < -0.3 is 4.90 Å². The van der Waals surface area contributed by atoms with E-state index in [9.17, 15) is 4.79 Å². The molecule has 2 spiro atoms. The van der Waals surface area contributed by atoms with E-state index in [0.29, 0.717) is 13.0 Å². The van der Waals surface area contributed by atoms with Crippen molar-refractivity contribution < 1.29 is 4.79 Å². The Bertz CT molecular complexity index is 4770. The minimum absolute atomic E-state index is 0.146. The summed E-state index contributed by atoms with van der Waals surface area (Å²) in [4.78, 5) is 16.0. The van der Waals surface area contributed by atoms with Crippen LogP contribution in [0.25, 0.3) is 95.1 Å². The number of carbonyl (C=O) groups is 1. The maximum Gasteiger partial charge on any atom is 0.227 e. The third-order valence-electron chi connectivity index (χ3n) is 19.3. The van der Waals surface area contributed by atoms with Gasteiger partial charge in [-0.15, -0.1) is 0 Å². The van der Waals surface area contributed by atoms with Crippen LogP contribution in [0.1, 0.15) is 74.0 Å². The first kappa shape index (κ1) is 49.9. The van der Waals surface area contributed by atoms with Crippen molar-refractivity contribution in [2.45, 2.75) is 23.7 Å². The molecule has 0 radical (unpaired) electrons. The molecule has 0 unspecified atom stereocenters. The van der Waals surface area contributed by atoms with Crippen molar-refractivity contribution in [3.8, 4) is 77.9 Å². The summed E-state index contributed by atoms with van der Waals surface area (Å²) in [6, 6.07) is 103. The van der Waals surface area contributed by atoms with Gasteiger partial charge in [0.15, 0.2) is 0 Å². The highest BCUT2D eigenvalue weighted by Crippen LogP contribution is 2.65. The zero-order chi connectivity index (χ0) is 57.1. The second-order valence-corrected chi connectivity index (χ2v) is 23.7. The number of amides is 1. The van der Waals surface area contributed by atoms with Crippen molar-refractivity contribution in [1.29, 1.82) is 0 Å². The molecule has 1 saturated heterocycles. The van der Waals surface area contributed by atoms with Gasteiger partial charge in [-0.25, -0.2) is 0 Å². The molecule has 2 heteroatoms. The van der Waals surface area contributed by atoms with Crippen molar-refractivity contribution in [3.63, 3.8) is 0 Å². The summed E-state index contributed by atoms with van der Waals surface area (Å²) in [7, 11) is 0. The molecule has 12 aromatic carbocycles. The second kappa shape index (κ2) is 19.5. The highest BCUT2D eigenvalue weighted by atomic mass is 16.2. The van der Waals surface area contributed by atoms with Gasteiger partial charge in [0.25, 0.3) is 0 Å². The number of hydrogen-bond acceptors (Lipinski definition) is 1. The normalized spacial score (nSPS) is 14.9. The molecule has 1 amide bonds. The van der Waals surface area contributed by atoms with E-state index < -0.39 is 10.8 Å². The maximum absolute atomic E-state index is 14.0. The van der Waals surface area contributed by atoms with Gasteiger partial charge >= 0.3 is 0 Å². The monoisotopic (exact) mass is 1100 g/mol. The van der Waals surface area contributed by atoms with E-state index in [0.717, 1.165) is 73.3 Å². The molecule has 86 heavy (non-hydrogen) atoms. The Hall–Kier alpha value is -10.7. The Balaban J connectivity index is 0.843. The van der Waals surface area contributed by atoms with E-state index in [1.807, 2.05) is 4.90 Å². The SMILES string of the molecule is C=C(/C=C(\C=C\c1ccc2c(c1)C1(c3ccccc3-c3ccccc31)c1ccccc1-2)c1cc(-c2cc(-c3ccccc3)cc(-c3ccc4c(c3)C3(c5ccccc5-c5ccccc53)c3ccccc3-4)c2)cc(N2CCCC2=O)c1)c1ccccc1. The lowest BCUT2D eigenvalue weighted by atomic mass is 9.70. The number of fused-ring (bicyclic) bond motifs is 20. The third-order valence-corrected chi connectivity index (χ3v) is 19.3. The minimum atomic E-state index is -0.472. The summed E-state index contributed by atoms with van der Waals surface area (Å²) in [6.45, 7) is 5.37. The smallest absolute Gasteiger partial charge is 0.227 e. The molecule has 5 aliphatic rings. The van der Waals surface area contributed by atoms with E-state index in [1.54, 1.807) is 0 Å². The first-order chi connectivity index (χ1) is 42.4. The van der Waals surface area contributed by atoms with Crippen LogP contribution in [-0.4, -0.2) is 12.5 Å². The molecule has 2 nitrogen and oxygen atoms in total. The van der Waals surface area contributed by atoms with E-state index in [4.69, 9.17) is 6.58 Å². The average molecular weight is 1100 g/mol. The van der Waals surface area contributed by atoms with Crippen LogP contribution in [0.2, 0.25) is 0 Å². The number of anilines is 1. The van der Waals surface area contributed by atoms with Gasteiger partial charge in [-0.1, -0.05) is 249 Å². The fourth-order valence-corrected chi connectivity index (χ4v) is 15.6. The number of hydrogen-bond donors (Lipinski definition) is 0. The van der Waals surface area contributed by atoms with Gasteiger partial charge in [-0.3, -0.25) is 4.79 Å². The van der Waals surface area contributed by atoms with Crippen molar-refractivity contribution in [1.82, 2.24) is 0 Å². The quantitative estimate of drug-likeness (QED) is 0.132. The lowest BCUT2D eigenvalue weighted by Crippen LogP contribution is -2.25. The zero-order valence-corrected chi connectivity index (χ0v) is 47.5. The van der Waals surface area contributed by atoms with E-state index >= 15 is 0 Å². The summed E-state index contributed by atoms with van der Waals surface area (Å²) in [5, 5.41) is 0. The summed E-state index contributed by atoms with van der Waals surface area (Å²) < 4.78 is 0. The molecule has 0 bridgehead atoms. The Morgan fingerprint density at radius 1 is 0.360 bits per heavy atom. The van der Waals surface area contributed by atoms with Gasteiger partial charge in [0, 0.05) is 18.7 Å². The fourth-order valence-electron chi connectivity index (χ4n) is 15.6. The van der Waals surface area contributed by atoms with Crippen molar-refractivity contribution in [2.24, 2.45) is 0 Å². The van der Waals surface area contributed by atoms with Gasteiger partial charge in [0.2, 0.25) is 5.91 Å². The first-order valence-electron chi connectivity index (χ1n) is 30.1. The molecule has 0 N–H and O–H groups in total. The first-order valence-corrected chi connectivity index (χ1v) is 30.1. The van der Waals surface area contributed by atoms with Gasteiger partial charge in [0.1, 0.15) is 0 Å². The molecular weight excluding hydrogens is 1040 g/mol. The molecule has 1 fully saturated rings. The number of benzene rings is 12. The molecule has 0 saturated carbocycles. The number of nitrogens with zero attached hydrogens (tertiary/aromatic N) is 1. The highest BCUT2D eigenvalue weighted by molar-refractivity contribution is 6.01. The van der Waals surface area contributed by atoms with Gasteiger partial charge in [0.05, 0.1) is 10.8 Å². The summed E-state index contributed by atoms with van der Waals surface area (Å²) in [5.41, 5.74) is 32.4. The van der Waals surface area contributed by atoms with Gasteiger partial charge in [-0.05, 0) is 211 Å². The molecule has 4 aliphatic carbocycles. The van der Waals surface area contributed by atoms with Crippen LogP contribution in [0.15, 0.2) is 298 Å². The van der Waals surface area contributed by atoms with Crippen molar-refractivity contribution in [2.75, 3.05) is 11.4 Å². The Labute approximate surface area is 502 Å². The second-order valence-electron chi connectivity index (χ2n) is 23.7. The molecule has 17 rings (SSSR count). The third kappa shape index (κ3) is 7.36.